The number of para-hydroxylation sites is 1. The summed E-state index contributed by atoms with van der Waals surface area (Å²) in [4.78, 5) is 28.9. The van der Waals surface area contributed by atoms with E-state index in [0.717, 1.165) is 22.3 Å². The zero-order chi connectivity index (χ0) is 28.8. The predicted molar refractivity (Wildman–Crippen MR) is 161 cm³/mol. The fourth-order valence-corrected chi connectivity index (χ4v) is 5.03. The second kappa shape index (κ2) is 12.4. The van der Waals surface area contributed by atoms with Crippen LogP contribution in [-0.2, 0) is 6.61 Å². The second-order valence-electron chi connectivity index (χ2n) is 9.97. The summed E-state index contributed by atoms with van der Waals surface area (Å²) in [5, 5.41) is 2.06. The van der Waals surface area contributed by atoms with Crippen molar-refractivity contribution in [3.8, 4) is 11.5 Å². The maximum absolute atomic E-state index is 14.0. The number of nitrogens with zero attached hydrogens (tertiary/aromatic N) is 3. The summed E-state index contributed by atoms with van der Waals surface area (Å²) in [5.74, 6) is 0.418. The summed E-state index contributed by atoms with van der Waals surface area (Å²) in [6.45, 7) is 10.8. The number of amides is 1. The van der Waals surface area contributed by atoms with Crippen LogP contribution >= 0.6 is 0 Å². The fourth-order valence-electron chi connectivity index (χ4n) is 5.03. The molecule has 5 rings (SSSR count). The Morgan fingerprint density at radius 1 is 0.927 bits per heavy atom. The van der Waals surface area contributed by atoms with E-state index >= 15 is 0 Å². The minimum absolute atomic E-state index is 0.0146. The van der Waals surface area contributed by atoms with E-state index in [1.807, 2.05) is 91.9 Å². The highest BCUT2D eigenvalue weighted by Gasteiger charge is 2.37. The number of hydrogen-bond acceptors (Lipinski definition) is 5. The molecule has 0 saturated heterocycles. The van der Waals surface area contributed by atoms with Gasteiger partial charge in [0.15, 0.2) is 11.4 Å². The van der Waals surface area contributed by atoms with Crippen LogP contribution in [0.25, 0.3) is 0 Å². The molecule has 0 bridgehead atoms. The van der Waals surface area contributed by atoms with Crippen LogP contribution in [-0.4, -0.2) is 35.3 Å². The number of pyridine rings is 1. The van der Waals surface area contributed by atoms with Crippen molar-refractivity contribution in [3.05, 3.63) is 155 Å². The van der Waals surface area contributed by atoms with Gasteiger partial charge in [0.25, 0.3) is 5.91 Å². The first kappa shape index (κ1) is 27.5. The number of carbonyl (C=O) groups is 1. The largest absolute Gasteiger partial charge is 0.489 e. The highest BCUT2D eigenvalue weighted by atomic mass is 16.5. The summed E-state index contributed by atoms with van der Waals surface area (Å²) in [6, 6.07) is 28.5. The highest BCUT2D eigenvalue weighted by Crippen LogP contribution is 2.37. The van der Waals surface area contributed by atoms with Gasteiger partial charge in [-0.15, -0.1) is 0 Å². The molecule has 7 nitrogen and oxygen atoms in total. The van der Waals surface area contributed by atoms with Gasteiger partial charge in [0.2, 0.25) is 5.43 Å². The molecule has 0 spiro atoms. The lowest BCUT2D eigenvalue weighted by atomic mass is 9.97. The van der Waals surface area contributed by atoms with E-state index in [-0.39, 0.29) is 42.1 Å². The molecule has 41 heavy (non-hydrogen) atoms. The van der Waals surface area contributed by atoms with Crippen LogP contribution in [0.5, 0.6) is 11.5 Å². The molecule has 1 unspecified atom stereocenters. The van der Waals surface area contributed by atoms with Crippen LogP contribution in [0, 0.1) is 0 Å². The Morgan fingerprint density at radius 2 is 1.61 bits per heavy atom. The Morgan fingerprint density at radius 3 is 2.32 bits per heavy atom. The molecule has 1 aliphatic rings. The van der Waals surface area contributed by atoms with Gasteiger partial charge >= 0.3 is 0 Å². The van der Waals surface area contributed by atoms with Gasteiger partial charge in [-0.05, 0) is 24.1 Å². The van der Waals surface area contributed by atoms with E-state index < -0.39 is 0 Å². The van der Waals surface area contributed by atoms with Gasteiger partial charge in [-0.1, -0.05) is 104 Å². The smallest absolute Gasteiger partial charge is 0.278 e. The molecule has 1 amide bonds. The zero-order valence-corrected chi connectivity index (χ0v) is 23.1. The summed E-state index contributed by atoms with van der Waals surface area (Å²) in [6.07, 6.45) is 3.35. The summed E-state index contributed by atoms with van der Waals surface area (Å²) in [7, 11) is 0. The molecule has 0 radical (unpaired) electrons. The zero-order valence-electron chi connectivity index (χ0n) is 23.1. The van der Waals surface area contributed by atoms with Gasteiger partial charge in [0, 0.05) is 24.4 Å². The fraction of sp³-hybridized carbons (Fsp3) is 0.176. The highest BCUT2D eigenvalue weighted by molar-refractivity contribution is 5.96. The summed E-state index contributed by atoms with van der Waals surface area (Å²) in [5.41, 5.74) is 3.42. The average molecular weight is 548 g/mol. The van der Waals surface area contributed by atoms with Gasteiger partial charge in [-0.3, -0.25) is 19.3 Å². The van der Waals surface area contributed by atoms with Crippen molar-refractivity contribution in [2.24, 2.45) is 0 Å². The lowest BCUT2D eigenvalue weighted by Gasteiger charge is -2.44. The molecule has 7 heteroatoms. The topological polar surface area (TPSA) is 64.0 Å². The molecule has 1 atom stereocenters. The van der Waals surface area contributed by atoms with Gasteiger partial charge in [-0.25, -0.2) is 0 Å². The Balaban J connectivity index is 1.69. The third-order valence-corrected chi connectivity index (χ3v) is 6.79. The maximum Gasteiger partial charge on any atom is 0.278 e. The van der Waals surface area contributed by atoms with Crippen molar-refractivity contribution in [1.82, 2.24) is 9.58 Å². The Kier molecular flexibility index (Phi) is 8.34. The molecule has 1 aliphatic heterocycles. The van der Waals surface area contributed by atoms with Gasteiger partial charge < -0.3 is 14.4 Å². The Bertz CT molecular complexity index is 1600. The first-order valence-electron chi connectivity index (χ1n) is 13.5. The van der Waals surface area contributed by atoms with E-state index in [2.05, 4.69) is 18.2 Å². The Labute approximate surface area is 240 Å². The van der Waals surface area contributed by atoms with Crippen molar-refractivity contribution in [2.45, 2.75) is 19.6 Å². The van der Waals surface area contributed by atoms with Crippen LogP contribution in [0.1, 0.15) is 40.1 Å². The number of rotatable bonds is 11. The third-order valence-electron chi connectivity index (χ3n) is 6.79. The number of hydrogen-bond donors (Lipinski definition) is 0. The molecule has 3 aromatic carbocycles. The van der Waals surface area contributed by atoms with Crippen LogP contribution in [0.15, 0.2) is 127 Å². The minimum Gasteiger partial charge on any atom is -0.489 e. The first-order chi connectivity index (χ1) is 20.0. The predicted octanol–water partition coefficient (Wildman–Crippen LogP) is 5.71. The number of ether oxygens (including phenoxy) is 2. The molecule has 4 aromatic rings. The second-order valence-corrected chi connectivity index (χ2v) is 9.97. The quantitative estimate of drug-likeness (QED) is 0.225. The van der Waals surface area contributed by atoms with Crippen molar-refractivity contribution >= 4 is 5.91 Å². The first-order valence-corrected chi connectivity index (χ1v) is 13.5. The van der Waals surface area contributed by atoms with Gasteiger partial charge in [0.05, 0.1) is 0 Å². The number of carbonyl (C=O) groups excluding carboxylic acids is 1. The summed E-state index contributed by atoms with van der Waals surface area (Å²) >= 11 is 0. The van der Waals surface area contributed by atoms with Crippen LogP contribution < -0.4 is 19.9 Å². The van der Waals surface area contributed by atoms with E-state index in [1.165, 1.54) is 6.07 Å². The van der Waals surface area contributed by atoms with E-state index in [1.54, 1.807) is 21.8 Å². The molecular formula is C34H33N3O4. The molecule has 0 N–H and O–H groups in total. The summed E-state index contributed by atoms with van der Waals surface area (Å²) < 4.78 is 13.9. The number of aromatic nitrogens is 1. The maximum atomic E-state index is 14.0. The van der Waals surface area contributed by atoms with Crippen molar-refractivity contribution in [2.75, 3.05) is 24.8 Å². The van der Waals surface area contributed by atoms with E-state index in [0.29, 0.717) is 18.9 Å². The molecule has 0 aliphatic carbocycles. The molecular weight excluding hydrogens is 514 g/mol. The lowest BCUT2D eigenvalue weighted by molar-refractivity contribution is 0.0693. The molecule has 1 aromatic heterocycles. The molecule has 0 fully saturated rings. The van der Waals surface area contributed by atoms with Crippen LogP contribution in [0.2, 0.25) is 0 Å². The minimum atomic E-state index is -0.374. The van der Waals surface area contributed by atoms with Gasteiger partial charge in [0.1, 0.15) is 31.7 Å². The van der Waals surface area contributed by atoms with Gasteiger partial charge in [-0.2, -0.15) is 0 Å². The lowest BCUT2D eigenvalue weighted by Crippen LogP contribution is -2.56. The average Bonchev–Trinajstić information content (AvgIpc) is 2.99. The number of fused-ring (bicyclic) bond motifs is 1. The van der Waals surface area contributed by atoms with E-state index in [9.17, 15) is 9.59 Å². The standard InChI is InChI=1S/C34H33N3O4/c1-4-21-40-30-18-12-11-17-28(30)31(27-15-9-6-10-16-27)37-24-35(22-25(2)3)34(39)32-33(29(38)19-20-36(32)37)41-23-26-13-7-5-8-14-26/h4-20,31H,1-2,21-24H2,3H3. The van der Waals surface area contributed by atoms with Crippen molar-refractivity contribution < 1.29 is 14.3 Å². The third kappa shape index (κ3) is 5.94. The molecule has 0 saturated carbocycles. The Hall–Kier alpha value is -5.04. The molecule has 2 heterocycles. The molecule has 208 valence electrons. The van der Waals surface area contributed by atoms with Crippen LogP contribution in [0.3, 0.4) is 0 Å². The van der Waals surface area contributed by atoms with Crippen LogP contribution in [0.4, 0.5) is 0 Å². The van der Waals surface area contributed by atoms with E-state index in [4.69, 9.17) is 9.47 Å². The monoisotopic (exact) mass is 547 g/mol. The van der Waals surface area contributed by atoms with Crippen molar-refractivity contribution in [1.29, 1.82) is 0 Å². The normalized spacial score (nSPS) is 13.3. The number of benzene rings is 3. The van der Waals surface area contributed by atoms with Crippen molar-refractivity contribution in [3.63, 3.8) is 0 Å². The SMILES string of the molecule is C=CCOc1ccccc1C(c1ccccc1)N1CN(CC(=C)C)C(=O)c2c(OCc3ccccc3)c(=O)ccn21.